The highest BCUT2D eigenvalue weighted by Gasteiger charge is 2.31. The van der Waals surface area contributed by atoms with Crippen molar-refractivity contribution in [2.24, 2.45) is 0 Å². The highest BCUT2D eigenvalue weighted by atomic mass is 16.5. The molecule has 0 aromatic heterocycles. The number of benzene rings is 1. The van der Waals surface area contributed by atoms with E-state index in [1.54, 1.807) is 11.0 Å². The van der Waals surface area contributed by atoms with E-state index in [9.17, 15) is 4.79 Å². The molecule has 1 aliphatic heterocycles. The van der Waals surface area contributed by atoms with Crippen molar-refractivity contribution in [1.82, 2.24) is 4.90 Å². The standard InChI is InChI=1S/C17H21NO3/c1-13-16(10-12-21-13)18(2)17(20)15-9-4-3-7-14(15)8-5-6-11-19/h3-4,7,9,13,16,19H,6,10-12H2,1-2H3. The van der Waals surface area contributed by atoms with Crippen LogP contribution in [0.1, 0.15) is 35.7 Å². The van der Waals surface area contributed by atoms with Crippen molar-refractivity contribution in [2.45, 2.75) is 31.9 Å². The molecule has 4 nitrogen and oxygen atoms in total. The Balaban J connectivity index is 2.21. The van der Waals surface area contributed by atoms with Crippen LogP contribution in [0.2, 0.25) is 0 Å². The molecule has 0 saturated carbocycles. The van der Waals surface area contributed by atoms with Gasteiger partial charge in [-0.25, -0.2) is 0 Å². The lowest BCUT2D eigenvalue weighted by atomic mass is 10.0. The Morgan fingerprint density at radius 3 is 2.90 bits per heavy atom. The molecule has 2 atom stereocenters. The summed E-state index contributed by atoms with van der Waals surface area (Å²) < 4.78 is 5.53. The van der Waals surface area contributed by atoms with Gasteiger partial charge < -0.3 is 14.7 Å². The number of aliphatic hydroxyl groups excluding tert-OH is 1. The minimum absolute atomic E-state index is 0.0277. The first-order chi connectivity index (χ1) is 10.1. The molecule has 0 bridgehead atoms. The van der Waals surface area contributed by atoms with Crippen molar-refractivity contribution >= 4 is 5.91 Å². The zero-order chi connectivity index (χ0) is 15.2. The lowest BCUT2D eigenvalue weighted by Gasteiger charge is -2.27. The van der Waals surface area contributed by atoms with E-state index in [1.807, 2.05) is 32.2 Å². The number of nitrogens with zero attached hydrogens (tertiary/aromatic N) is 1. The lowest BCUT2D eigenvalue weighted by molar-refractivity contribution is 0.0574. The molecule has 2 rings (SSSR count). The van der Waals surface area contributed by atoms with Crippen LogP contribution in [0.3, 0.4) is 0 Å². The molecule has 1 N–H and O–H groups in total. The fourth-order valence-corrected chi connectivity index (χ4v) is 2.56. The van der Waals surface area contributed by atoms with Gasteiger partial charge in [0.1, 0.15) is 0 Å². The summed E-state index contributed by atoms with van der Waals surface area (Å²) in [5.41, 5.74) is 1.30. The number of carbonyl (C=O) groups is 1. The predicted molar refractivity (Wildman–Crippen MR) is 80.9 cm³/mol. The zero-order valence-corrected chi connectivity index (χ0v) is 12.5. The van der Waals surface area contributed by atoms with Gasteiger partial charge in [0, 0.05) is 25.6 Å². The number of amides is 1. The summed E-state index contributed by atoms with van der Waals surface area (Å²) in [6.07, 6.45) is 1.33. The highest BCUT2D eigenvalue weighted by Crippen LogP contribution is 2.21. The number of ether oxygens (including phenoxy) is 1. The normalized spacial score (nSPS) is 20.7. The van der Waals surface area contributed by atoms with Crippen molar-refractivity contribution in [1.29, 1.82) is 0 Å². The van der Waals surface area contributed by atoms with E-state index in [0.29, 0.717) is 24.2 Å². The molecule has 0 aliphatic carbocycles. The van der Waals surface area contributed by atoms with Gasteiger partial charge in [0.05, 0.1) is 24.3 Å². The molecule has 2 unspecified atom stereocenters. The lowest BCUT2D eigenvalue weighted by Crippen LogP contribution is -2.41. The van der Waals surface area contributed by atoms with Crippen LogP contribution in [0, 0.1) is 11.8 Å². The van der Waals surface area contributed by atoms with Gasteiger partial charge in [0.15, 0.2) is 0 Å². The van der Waals surface area contributed by atoms with Crippen molar-refractivity contribution < 1.29 is 14.6 Å². The Morgan fingerprint density at radius 2 is 2.24 bits per heavy atom. The Morgan fingerprint density at radius 1 is 1.48 bits per heavy atom. The molecule has 1 aliphatic rings. The maximum absolute atomic E-state index is 12.7. The molecule has 0 radical (unpaired) electrons. The summed E-state index contributed by atoms with van der Waals surface area (Å²) in [6, 6.07) is 7.44. The smallest absolute Gasteiger partial charge is 0.255 e. The van der Waals surface area contributed by atoms with Crippen molar-refractivity contribution in [2.75, 3.05) is 20.3 Å². The Bertz CT molecular complexity index is 559. The van der Waals surface area contributed by atoms with Crippen LogP contribution in [0.15, 0.2) is 24.3 Å². The van der Waals surface area contributed by atoms with Crippen LogP contribution in [0.25, 0.3) is 0 Å². The zero-order valence-electron chi connectivity index (χ0n) is 12.5. The third-order valence-electron chi connectivity index (χ3n) is 3.77. The van der Waals surface area contributed by atoms with Gasteiger partial charge in [-0.3, -0.25) is 4.79 Å². The van der Waals surface area contributed by atoms with E-state index >= 15 is 0 Å². The van der Waals surface area contributed by atoms with Gasteiger partial charge in [-0.2, -0.15) is 0 Å². The molecular formula is C17H21NO3. The minimum atomic E-state index is -0.0359. The van der Waals surface area contributed by atoms with E-state index in [1.165, 1.54) is 0 Å². The summed E-state index contributed by atoms with van der Waals surface area (Å²) in [6.45, 7) is 2.72. The average molecular weight is 287 g/mol. The van der Waals surface area contributed by atoms with Gasteiger partial charge in [0.25, 0.3) is 5.91 Å². The molecule has 1 heterocycles. The average Bonchev–Trinajstić information content (AvgIpc) is 2.93. The van der Waals surface area contributed by atoms with Crippen LogP contribution < -0.4 is 0 Å². The van der Waals surface area contributed by atoms with Crippen molar-refractivity contribution in [3.05, 3.63) is 35.4 Å². The topological polar surface area (TPSA) is 49.8 Å². The van der Waals surface area contributed by atoms with Crippen LogP contribution in [0.4, 0.5) is 0 Å². The highest BCUT2D eigenvalue weighted by molar-refractivity contribution is 5.96. The van der Waals surface area contributed by atoms with Gasteiger partial charge in [-0.1, -0.05) is 24.0 Å². The van der Waals surface area contributed by atoms with E-state index in [0.717, 1.165) is 6.42 Å². The maximum atomic E-state index is 12.7. The first-order valence-corrected chi connectivity index (χ1v) is 7.22. The monoisotopic (exact) mass is 287 g/mol. The summed E-state index contributed by atoms with van der Waals surface area (Å²) in [5.74, 6) is 5.80. The van der Waals surface area contributed by atoms with E-state index < -0.39 is 0 Å². The molecule has 1 amide bonds. The predicted octanol–water partition coefficient (Wildman–Crippen LogP) is 1.67. The third kappa shape index (κ3) is 3.63. The molecular weight excluding hydrogens is 266 g/mol. The number of likely N-dealkylation sites (N-methyl/N-ethyl adjacent to an activating group) is 1. The van der Waals surface area contributed by atoms with Gasteiger partial charge in [-0.05, 0) is 25.5 Å². The Kier molecular flexibility index (Phi) is 5.38. The second-order valence-electron chi connectivity index (χ2n) is 5.17. The van der Waals surface area contributed by atoms with Gasteiger partial charge in [-0.15, -0.1) is 0 Å². The van der Waals surface area contributed by atoms with Gasteiger partial charge >= 0.3 is 0 Å². The minimum Gasteiger partial charge on any atom is -0.395 e. The molecule has 1 saturated heterocycles. The van der Waals surface area contributed by atoms with E-state index in [2.05, 4.69) is 11.8 Å². The summed E-state index contributed by atoms with van der Waals surface area (Å²) in [5, 5.41) is 8.79. The first-order valence-electron chi connectivity index (χ1n) is 7.22. The second-order valence-corrected chi connectivity index (χ2v) is 5.17. The molecule has 1 aromatic carbocycles. The van der Waals surface area contributed by atoms with Gasteiger partial charge in [0.2, 0.25) is 0 Å². The van der Waals surface area contributed by atoms with Crippen LogP contribution in [-0.4, -0.2) is 48.3 Å². The first kappa shape index (κ1) is 15.6. The SMILES string of the molecule is CC1OCCC1N(C)C(=O)c1ccccc1C#CCCO. The summed E-state index contributed by atoms with van der Waals surface area (Å²) in [7, 11) is 1.82. The number of rotatable bonds is 3. The Hall–Kier alpha value is -1.83. The van der Waals surface area contributed by atoms with E-state index in [4.69, 9.17) is 9.84 Å². The number of hydrogen-bond donors (Lipinski definition) is 1. The second kappa shape index (κ2) is 7.26. The summed E-state index contributed by atoms with van der Waals surface area (Å²) >= 11 is 0. The Labute approximate surface area is 125 Å². The number of aliphatic hydroxyl groups is 1. The fraction of sp³-hybridized carbons (Fsp3) is 0.471. The fourth-order valence-electron chi connectivity index (χ4n) is 2.56. The molecule has 112 valence electrons. The van der Waals surface area contributed by atoms with Crippen LogP contribution >= 0.6 is 0 Å². The molecule has 1 fully saturated rings. The van der Waals surface area contributed by atoms with E-state index in [-0.39, 0.29) is 24.7 Å². The number of carbonyl (C=O) groups excluding carboxylic acids is 1. The number of hydrogen-bond acceptors (Lipinski definition) is 3. The van der Waals surface area contributed by atoms with Crippen molar-refractivity contribution in [3.8, 4) is 11.8 Å². The van der Waals surface area contributed by atoms with Crippen molar-refractivity contribution in [3.63, 3.8) is 0 Å². The molecule has 1 aromatic rings. The third-order valence-corrected chi connectivity index (χ3v) is 3.77. The largest absolute Gasteiger partial charge is 0.395 e. The maximum Gasteiger partial charge on any atom is 0.255 e. The summed E-state index contributed by atoms with van der Waals surface area (Å²) in [4.78, 5) is 14.4. The molecule has 4 heteroatoms. The van der Waals surface area contributed by atoms with Crippen LogP contribution in [-0.2, 0) is 4.74 Å². The molecule has 0 spiro atoms. The molecule has 21 heavy (non-hydrogen) atoms. The quantitative estimate of drug-likeness (QED) is 0.860. The van der Waals surface area contributed by atoms with Crippen LogP contribution in [0.5, 0.6) is 0 Å².